The van der Waals surface area contributed by atoms with E-state index in [1.807, 2.05) is 6.92 Å². The highest BCUT2D eigenvalue weighted by Crippen LogP contribution is 1.86. The van der Waals surface area contributed by atoms with Crippen LogP contribution in [0.1, 0.15) is 13.3 Å². The van der Waals surface area contributed by atoms with Gasteiger partial charge in [0.2, 0.25) is 5.91 Å². The lowest BCUT2D eigenvalue weighted by Gasteiger charge is -2.11. The second kappa shape index (κ2) is 5.20. The van der Waals surface area contributed by atoms with Crippen LogP contribution in [0.2, 0.25) is 0 Å². The molecule has 0 spiro atoms. The zero-order valence-electron chi connectivity index (χ0n) is 6.26. The molecule has 0 bridgehead atoms. The monoisotopic (exact) mass is 145 g/mol. The van der Waals surface area contributed by atoms with Gasteiger partial charge in [-0.2, -0.15) is 0 Å². The number of carbonyl (C=O) groups is 1. The van der Waals surface area contributed by atoms with Gasteiger partial charge in [-0.15, -0.1) is 0 Å². The predicted molar refractivity (Wildman–Crippen MR) is 40.3 cm³/mol. The highest BCUT2D eigenvalue weighted by atomic mass is 16.1. The van der Waals surface area contributed by atoms with Crippen LogP contribution in [0, 0.1) is 0 Å². The molecule has 5 N–H and O–H groups in total. The molecule has 0 heterocycles. The number of carbonyl (C=O) groups excluding carboxylic acids is 1. The molecular formula is C6H15N3O. The molecule has 0 aromatic carbocycles. The van der Waals surface area contributed by atoms with Gasteiger partial charge < -0.3 is 16.8 Å². The van der Waals surface area contributed by atoms with Gasteiger partial charge in [-0.05, 0) is 19.5 Å². The summed E-state index contributed by atoms with van der Waals surface area (Å²) in [6, 6.07) is -0.255. The molecule has 0 aliphatic carbocycles. The summed E-state index contributed by atoms with van der Waals surface area (Å²) in [5, 5.41) is 2.93. The molecule has 0 aliphatic heterocycles. The Hall–Kier alpha value is -0.610. The van der Waals surface area contributed by atoms with Gasteiger partial charge in [0.1, 0.15) is 0 Å². The van der Waals surface area contributed by atoms with E-state index in [2.05, 4.69) is 5.32 Å². The van der Waals surface area contributed by atoms with Gasteiger partial charge in [0.15, 0.2) is 0 Å². The van der Waals surface area contributed by atoms with Gasteiger partial charge in [-0.3, -0.25) is 4.79 Å². The first-order chi connectivity index (χ1) is 4.72. The Morgan fingerprint density at radius 3 is 2.60 bits per heavy atom. The molecule has 0 saturated heterocycles. The summed E-state index contributed by atoms with van der Waals surface area (Å²) in [6.45, 7) is 3.15. The number of amides is 1. The highest BCUT2D eigenvalue weighted by molar-refractivity contribution is 5.79. The Balaban J connectivity index is 3.61. The summed E-state index contributed by atoms with van der Waals surface area (Å²) >= 11 is 0. The smallest absolute Gasteiger partial charge is 0.234 e. The second-order valence-electron chi connectivity index (χ2n) is 2.09. The van der Waals surface area contributed by atoms with Crippen molar-refractivity contribution in [1.29, 1.82) is 0 Å². The standard InChI is InChI=1S/C6H15N3O/c1-2-9-5(3-4-7)6(8)10/h5,9H,2-4,7H2,1H3,(H2,8,10). The van der Waals surface area contributed by atoms with E-state index in [1.165, 1.54) is 0 Å². The summed E-state index contributed by atoms with van der Waals surface area (Å²) in [5.74, 6) is -0.327. The van der Waals surface area contributed by atoms with Crippen LogP contribution in [0.3, 0.4) is 0 Å². The predicted octanol–water partition coefficient (Wildman–Crippen LogP) is -1.20. The van der Waals surface area contributed by atoms with Gasteiger partial charge in [-0.25, -0.2) is 0 Å². The fourth-order valence-corrected chi connectivity index (χ4v) is 0.758. The molecule has 1 amide bonds. The van der Waals surface area contributed by atoms with Crippen LogP contribution in [0.5, 0.6) is 0 Å². The number of nitrogens with one attached hydrogen (secondary N) is 1. The SMILES string of the molecule is CCNC(CCN)C(N)=O. The van der Waals surface area contributed by atoms with E-state index < -0.39 is 0 Å². The number of hydrogen-bond donors (Lipinski definition) is 3. The van der Waals surface area contributed by atoms with E-state index in [0.29, 0.717) is 13.0 Å². The van der Waals surface area contributed by atoms with E-state index in [0.717, 1.165) is 6.54 Å². The normalized spacial score (nSPS) is 13.0. The fourth-order valence-electron chi connectivity index (χ4n) is 0.758. The molecule has 60 valence electrons. The van der Waals surface area contributed by atoms with Crippen LogP contribution in [0.15, 0.2) is 0 Å². The first-order valence-corrected chi connectivity index (χ1v) is 3.45. The molecule has 0 fully saturated rings. The largest absolute Gasteiger partial charge is 0.368 e. The van der Waals surface area contributed by atoms with Gasteiger partial charge >= 0.3 is 0 Å². The number of likely N-dealkylation sites (N-methyl/N-ethyl adjacent to an activating group) is 1. The molecule has 0 saturated carbocycles. The highest BCUT2D eigenvalue weighted by Gasteiger charge is 2.10. The molecular weight excluding hydrogens is 130 g/mol. The van der Waals surface area contributed by atoms with Gasteiger partial charge in [0.05, 0.1) is 6.04 Å². The topological polar surface area (TPSA) is 81.1 Å². The minimum atomic E-state index is -0.327. The van der Waals surface area contributed by atoms with Crippen LogP contribution >= 0.6 is 0 Å². The lowest BCUT2D eigenvalue weighted by Crippen LogP contribution is -2.42. The first kappa shape index (κ1) is 9.39. The molecule has 1 atom stereocenters. The Morgan fingerprint density at radius 1 is 1.70 bits per heavy atom. The number of rotatable bonds is 5. The molecule has 4 heteroatoms. The molecule has 0 radical (unpaired) electrons. The Labute approximate surface area is 61.0 Å². The first-order valence-electron chi connectivity index (χ1n) is 3.45. The molecule has 0 aliphatic rings. The van der Waals surface area contributed by atoms with Crippen molar-refractivity contribution in [3.63, 3.8) is 0 Å². The van der Waals surface area contributed by atoms with Crippen molar-refractivity contribution < 1.29 is 4.79 Å². The minimum absolute atomic E-state index is 0.255. The van der Waals surface area contributed by atoms with Crippen molar-refractivity contribution in [1.82, 2.24) is 5.32 Å². The van der Waals surface area contributed by atoms with Crippen LogP contribution in [0.25, 0.3) is 0 Å². The van der Waals surface area contributed by atoms with Gasteiger partial charge in [0, 0.05) is 0 Å². The van der Waals surface area contributed by atoms with Gasteiger partial charge in [-0.1, -0.05) is 6.92 Å². The molecule has 4 nitrogen and oxygen atoms in total. The molecule has 0 rings (SSSR count). The quantitative estimate of drug-likeness (QED) is 0.454. The van der Waals surface area contributed by atoms with Crippen molar-refractivity contribution in [3.05, 3.63) is 0 Å². The van der Waals surface area contributed by atoms with Crippen molar-refractivity contribution >= 4 is 5.91 Å². The van der Waals surface area contributed by atoms with Crippen LogP contribution in [-0.2, 0) is 4.79 Å². The minimum Gasteiger partial charge on any atom is -0.368 e. The molecule has 0 aromatic rings. The molecule has 1 unspecified atom stereocenters. The summed E-state index contributed by atoms with van der Waals surface area (Å²) in [7, 11) is 0. The summed E-state index contributed by atoms with van der Waals surface area (Å²) in [5.41, 5.74) is 10.3. The van der Waals surface area contributed by atoms with Crippen molar-refractivity contribution in [2.45, 2.75) is 19.4 Å². The van der Waals surface area contributed by atoms with Crippen LogP contribution < -0.4 is 16.8 Å². The maximum atomic E-state index is 10.6. The number of nitrogens with two attached hydrogens (primary N) is 2. The number of primary amides is 1. The zero-order valence-corrected chi connectivity index (χ0v) is 6.26. The summed E-state index contributed by atoms with van der Waals surface area (Å²) < 4.78 is 0. The average Bonchev–Trinajstić information content (AvgIpc) is 1.87. The van der Waals surface area contributed by atoms with E-state index in [-0.39, 0.29) is 11.9 Å². The maximum Gasteiger partial charge on any atom is 0.234 e. The van der Waals surface area contributed by atoms with Crippen molar-refractivity contribution in [3.8, 4) is 0 Å². The third kappa shape index (κ3) is 3.42. The van der Waals surface area contributed by atoms with E-state index >= 15 is 0 Å². The Morgan fingerprint density at radius 2 is 2.30 bits per heavy atom. The maximum absolute atomic E-state index is 10.6. The van der Waals surface area contributed by atoms with Gasteiger partial charge in [0.25, 0.3) is 0 Å². The third-order valence-corrected chi connectivity index (χ3v) is 1.25. The summed E-state index contributed by atoms with van der Waals surface area (Å²) in [6.07, 6.45) is 0.614. The zero-order chi connectivity index (χ0) is 7.98. The average molecular weight is 145 g/mol. The fraction of sp³-hybridized carbons (Fsp3) is 0.833. The third-order valence-electron chi connectivity index (χ3n) is 1.25. The molecule has 10 heavy (non-hydrogen) atoms. The van der Waals surface area contributed by atoms with E-state index in [4.69, 9.17) is 11.5 Å². The molecule has 0 aromatic heterocycles. The van der Waals surface area contributed by atoms with E-state index in [9.17, 15) is 4.79 Å². The van der Waals surface area contributed by atoms with Crippen LogP contribution in [-0.4, -0.2) is 25.0 Å². The van der Waals surface area contributed by atoms with E-state index in [1.54, 1.807) is 0 Å². The van der Waals surface area contributed by atoms with Crippen molar-refractivity contribution in [2.24, 2.45) is 11.5 Å². The van der Waals surface area contributed by atoms with Crippen LogP contribution in [0.4, 0.5) is 0 Å². The Bertz CT molecular complexity index is 99.2. The Kier molecular flexibility index (Phi) is 4.88. The number of hydrogen-bond acceptors (Lipinski definition) is 3. The summed E-state index contributed by atoms with van der Waals surface area (Å²) in [4.78, 5) is 10.6. The van der Waals surface area contributed by atoms with Crippen molar-refractivity contribution in [2.75, 3.05) is 13.1 Å². The lowest BCUT2D eigenvalue weighted by molar-refractivity contribution is -0.120. The second-order valence-corrected chi connectivity index (χ2v) is 2.09. The lowest BCUT2D eigenvalue weighted by atomic mass is 10.2.